The third-order valence-corrected chi connectivity index (χ3v) is 3.35. The number of nitrogens with one attached hydrogen (secondary N) is 1. The van der Waals surface area contributed by atoms with Crippen LogP contribution in [0.2, 0.25) is 0 Å². The maximum atomic E-state index is 5.60. The normalized spacial score (nSPS) is 13.2. The van der Waals surface area contributed by atoms with E-state index in [1.165, 1.54) is 5.56 Å². The second-order valence-corrected chi connectivity index (χ2v) is 4.62. The third-order valence-electron chi connectivity index (χ3n) is 3.35. The van der Waals surface area contributed by atoms with Gasteiger partial charge in [0.25, 0.3) is 0 Å². The first-order valence-electron chi connectivity index (χ1n) is 6.65. The van der Waals surface area contributed by atoms with Crippen LogP contribution in [0.3, 0.4) is 0 Å². The minimum atomic E-state index is 0.535. The molecule has 0 spiro atoms. The van der Waals surface area contributed by atoms with Crippen LogP contribution >= 0.6 is 0 Å². The zero-order chi connectivity index (χ0) is 13.4. The van der Waals surface area contributed by atoms with Gasteiger partial charge in [0.1, 0.15) is 5.76 Å². The Bertz CT molecular complexity index is 325. The van der Waals surface area contributed by atoms with Crippen LogP contribution in [0.1, 0.15) is 31.6 Å². The molecule has 1 atom stereocenters. The van der Waals surface area contributed by atoms with E-state index in [0.29, 0.717) is 6.04 Å². The Hall–Kier alpha value is -0.840. The molecule has 0 fully saturated rings. The monoisotopic (exact) mass is 254 g/mol. The molecular weight excluding hydrogens is 228 g/mol. The van der Waals surface area contributed by atoms with E-state index in [1.54, 1.807) is 13.4 Å². The number of hydrogen-bond donors (Lipinski definition) is 1. The van der Waals surface area contributed by atoms with E-state index in [-0.39, 0.29) is 0 Å². The van der Waals surface area contributed by atoms with E-state index >= 15 is 0 Å². The molecule has 1 aromatic heterocycles. The van der Waals surface area contributed by atoms with Crippen LogP contribution in [0, 0.1) is 0 Å². The van der Waals surface area contributed by atoms with Crippen molar-refractivity contribution >= 4 is 0 Å². The van der Waals surface area contributed by atoms with E-state index < -0.39 is 0 Å². The Morgan fingerprint density at radius 1 is 1.50 bits per heavy atom. The molecule has 0 bridgehead atoms. The van der Waals surface area contributed by atoms with E-state index in [9.17, 15) is 0 Å². The quantitative estimate of drug-likeness (QED) is 0.733. The van der Waals surface area contributed by atoms with Crippen molar-refractivity contribution in [3.05, 3.63) is 23.7 Å². The fourth-order valence-corrected chi connectivity index (χ4v) is 1.96. The zero-order valence-corrected chi connectivity index (χ0v) is 12.0. The lowest BCUT2D eigenvalue weighted by Crippen LogP contribution is -2.35. The van der Waals surface area contributed by atoms with Gasteiger partial charge in [0, 0.05) is 31.8 Å². The molecule has 1 N–H and O–H groups in total. The van der Waals surface area contributed by atoms with E-state index in [4.69, 9.17) is 9.15 Å². The van der Waals surface area contributed by atoms with Crippen molar-refractivity contribution in [1.29, 1.82) is 0 Å². The Morgan fingerprint density at radius 2 is 2.28 bits per heavy atom. The van der Waals surface area contributed by atoms with Gasteiger partial charge in [-0.15, -0.1) is 0 Å². The zero-order valence-electron chi connectivity index (χ0n) is 12.0. The van der Waals surface area contributed by atoms with Gasteiger partial charge in [0.15, 0.2) is 0 Å². The maximum absolute atomic E-state index is 5.60. The van der Waals surface area contributed by atoms with E-state index in [0.717, 1.165) is 38.4 Å². The number of rotatable bonds is 9. The highest BCUT2D eigenvalue weighted by molar-refractivity contribution is 5.16. The van der Waals surface area contributed by atoms with Gasteiger partial charge in [-0.25, -0.2) is 0 Å². The molecule has 0 aromatic carbocycles. The van der Waals surface area contributed by atoms with Gasteiger partial charge in [-0.3, -0.25) is 4.90 Å². The van der Waals surface area contributed by atoms with Crippen molar-refractivity contribution in [2.75, 3.05) is 27.3 Å². The molecule has 0 radical (unpaired) electrons. The van der Waals surface area contributed by atoms with Crippen LogP contribution < -0.4 is 5.32 Å². The molecule has 0 aliphatic heterocycles. The van der Waals surface area contributed by atoms with Gasteiger partial charge < -0.3 is 14.5 Å². The summed E-state index contributed by atoms with van der Waals surface area (Å²) in [6.07, 6.45) is 2.90. The fourth-order valence-electron chi connectivity index (χ4n) is 1.96. The highest BCUT2D eigenvalue weighted by atomic mass is 16.5. The van der Waals surface area contributed by atoms with Gasteiger partial charge >= 0.3 is 0 Å². The summed E-state index contributed by atoms with van der Waals surface area (Å²) in [5, 5.41) is 3.17. The minimum Gasteiger partial charge on any atom is -0.468 e. The van der Waals surface area contributed by atoms with Crippen LogP contribution in [-0.2, 0) is 17.8 Å². The molecule has 1 rings (SSSR count). The van der Waals surface area contributed by atoms with Gasteiger partial charge in [0.05, 0.1) is 19.4 Å². The molecule has 0 saturated carbocycles. The fraction of sp³-hybridized carbons (Fsp3) is 0.714. The standard InChI is InChI=1S/C14H26N2O2/c1-5-12(2)16(7-9-17-4)11-14-13(10-15-3)6-8-18-14/h6,8,12,15H,5,7,9-11H2,1-4H3. The molecule has 4 nitrogen and oxygen atoms in total. The largest absolute Gasteiger partial charge is 0.468 e. The van der Waals surface area contributed by atoms with Crippen molar-refractivity contribution in [2.45, 2.75) is 39.4 Å². The van der Waals surface area contributed by atoms with Crippen molar-refractivity contribution < 1.29 is 9.15 Å². The summed E-state index contributed by atoms with van der Waals surface area (Å²) in [4.78, 5) is 2.40. The van der Waals surface area contributed by atoms with Crippen molar-refractivity contribution in [3.63, 3.8) is 0 Å². The summed E-state index contributed by atoms with van der Waals surface area (Å²) < 4.78 is 10.8. The van der Waals surface area contributed by atoms with Crippen molar-refractivity contribution in [1.82, 2.24) is 10.2 Å². The highest BCUT2D eigenvalue weighted by Crippen LogP contribution is 2.16. The SMILES string of the molecule is CCC(C)N(CCOC)Cc1occc1CNC. The van der Waals surface area contributed by atoms with Crippen LogP contribution in [0.15, 0.2) is 16.7 Å². The molecule has 18 heavy (non-hydrogen) atoms. The number of hydrogen-bond acceptors (Lipinski definition) is 4. The Kier molecular flexibility index (Phi) is 7.01. The van der Waals surface area contributed by atoms with E-state index in [1.807, 2.05) is 13.1 Å². The van der Waals surface area contributed by atoms with Gasteiger partial charge in [-0.2, -0.15) is 0 Å². The molecule has 0 aliphatic rings. The Labute approximate surface area is 110 Å². The molecule has 0 saturated heterocycles. The van der Waals surface area contributed by atoms with Gasteiger partial charge in [0.2, 0.25) is 0 Å². The summed E-state index contributed by atoms with van der Waals surface area (Å²) in [5.41, 5.74) is 1.24. The van der Waals surface area contributed by atoms with Crippen molar-refractivity contribution in [3.8, 4) is 0 Å². The molecule has 4 heteroatoms. The number of nitrogens with zero attached hydrogens (tertiary/aromatic N) is 1. The number of ether oxygens (including phenoxy) is 1. The third kappa shape index (κ3) is 4.44. The van der Waals surface area contributed by atoms with Gasteiger partial charge in [-0.05, 0) is 26.5 Å². The van der Waals surface area contributed by atoms with E-state index in [2.05, 4.69) is 24.1 Å². The average molecular weight is 254 g/mol. The molecule has 1 unspecified atom stereocenters. The predicted octanol–water partition coefficient (Wildman–Crippen LogP) is 2.25. The molecular formula is C14H26N2O2. The van der Waals surface area contributed by atoms with Crippen LogP contribution in [0.5, 0.6) is 0 Å². The first-order chi connectivity index (χ1) is 8.72. The average Bonchev–Trinajstić information content (AvgIpc) is 2.81. The Morgan fingerprint density at radius 3 is 2.89 bits per heavy atom. The van der Waals surface area contributed by atoms with Crippen LogP contribution in [0.4, 0.5) is 0 Å². The molecule has 0 aliphatic carbocycles. The predicted molar refractivity (Wildman–Crippen MR) is 73.5 cm³/mol. The lowest BCUT2D eigenvalue weighted by molar-refractivity contribution is 0.112. The highest BCUT2D eigenvalue weighted by Gasteiger charge is 2.16. The van der Waals surface area contributed by atoms with Crippen LogP contribution in [0.25, 0.3) is 0 Å². The molecule has 104 valence electrons. The number of furan rings is 1. The Balaban J connectivity index is 2.65. The second kappa shape index (κ2) is 8.29. The summed E-state index contributed by atoms with van der Waals surface area (Å²) >= 11 is 0. The minimum absolute atomic E-state index is 0.535. The summed E-state index contributed by atoms with van der Waals surface area (Å²) in [6, 6.07) is 2.57. The maximum Gasteiger partial charge on any atom is 0.122 e. The topological polar surface area (TPSA) is 37.6 Å². The summed E-state index contributed by atoms with van der Waals surface area (Å²) in [6.45, 7) is 7.85. The van der Waals surface area contributed by atoms with Gasteiger partial charge in [-0.1, -0.05) is 6.92 Å². The second-order valence-electron chi connectivity index (χ2n) is 4.62. The summed E-state index contributed by atoms with van der Waals surface area (Å²) in [7, 11) is 3.70. The smallest absolute Gasteiger partial charge is 0.122 e. The lowest BCUT2D eigenvalue weighted by Gasteiger charge is -2.27. The lowest BCUT2D eigenvalue weighted by atomic mass is 10.2. The molecule has 1 heterocycles. The summed E-state index contributed by atoms with van der Waals surface area (Å²) in [5.74, 6) is 1.06. The van der Waals surface area contributed by atoms with Crippen LogP contribution in [-0.4, -0.2) is 38.3 Å². The molecule has 0 amide bonds. The molecule has 1 aromatic rings. The first-order valence-corrected chi connectivity index (χ1v) is 6.65. The van der Waals surface area contributed by atoms with Crippen molar-refractivity contribution in [2.24, 2.45) is 0 Å². The first kappa shape index (κ1) is 15.2. The number of methoxy groups -OCH3 is 1.